The third kappa shape index (κ3) is 3.84. The van der Waals surface area contributed by atoms with Gasteiger partial charge in [0.05, 0.1) is 25.4 Å². The maximum Gasteiger partial charge on any atom is 0.282 e. The van der Waals surface area contributed by atoms with Gasteiger partial charge in [0.25, 0.3) is 11.6 Å². The van der Waals surface area contributed by atoms with E-state index in [0.29, 0.717) is 35.0 Å². The number of hydrogen-bond acceptors (Lipinski definition) is 8. The Labute approximate surface area is 172 Å². The molecule has 1 heterocycles. The van der Waals surface area contributed by atoms with Crippen molar-refractivity contribution < 1.29 is 28.7 Å². The standard InChI is InChI=1S/C20H21N3O7/c1-4-7-12-14(17(28-3)19-18(16(12)27-2)29-11-30-19)10-21-22-20(24)13-8-5-6-9-15(13)23(25)26/h5-6,8-10H,4,7,11H2,1-3H3,(H,22,24)/b21-10-. The Morgan fingerprint density at radius 1 is 1.23 bits per heavy atom. The first-order valence-corrected chi connectivity index (χ1v) is 9.16. The number of rotatable bonds is 8. The van der Waals surface area contributed by atoms with Gasteiger partial charge in [0.1, 0.15) is 5.56 Å². The zero-order valence-corrected chi connectivity index (χ0v) is 16.8. The Balaban J connectivity index is 1.97. The molecule has 0 aliphatic carbocycles. The number of methoxy groups -OCH3 is 2. The third-order valence-corrected chi connectivity index (χ3v) is 4.48. The Bertz CT molecular complexity index is 1000. The van der Waals surface area contributed by atoms with Crippen LogP contribution in [-0.2, 0) is 6.42 Å². The highest BCUT2D eigenvalue weighted by Crippen LogP contribution is 2.51. The SMILES string of the molecule is CCCc1c(/C=N\NC(=O)c2ccccc2[N+](=O)[O-])c(OC)c2c(c1OC)OCO2. The summed E-state index contributed by atoms with van der Waals surface area (Å²) in [7, 11) is 3.02. The molecule has 0 atom stereocenters. The molecule has 30 heavy (non-hydrogen) atoms. The molecule has 1 N–H and O–H groups in total. The number of amides is 1. The summed E-state index contributed by atoms with van der Waals surface area (Å²) >= 11 is 0. The first-order chi connectivity index (χ1) is 14.5. The number of hydrogen-bond donors (Lipinski definition) is 1. The van der Waals surface area contributed by atoms with E-state index < -0.39 is 10.8 Å². The number of ether oxygens (including phenoxy) is 4. The van der Waals surface area contributed by atoms with Crippen LogP contribution in [0.1, 0.15) is 34.8 Å². The topological polar surface area (TPSA) is 122 Å². The monoisotopic (exact) mass is 415 g/mol. The van der Waals surface area contributed by atoms with Crippen LogP contribution in [0.15, 0.2) is 29.4 Å². The molecule has 0 spiro atoms. The minimum atomic E-state index is -0.706. The van der Waals surface area contributed by atoms with E-state index in [1.807, 2.05) is 6.92 Å². The first kappa shape index (κ1) is 20.9. The number of hydrazone groups is 1. The lowest BCUT2D eigenvalue weighted by Crippen LogP contribution is -2.19. The van der Waals surface area contributed by atoms with Gasteiger partial charge in [-0.05, 0) is 12.5 Å². The molecular weight excluding hydrogens is 394 g/mol. The summed E-state index contributed by atoms with van der Waals surface area (Å²) in [5, 5.41) is 15.1. The minimum Gasteiger partial charge on any atom is -0.492 e. The molecule has 1 aliphatic heterocycles. The molecule has 2 aromatic carbocycles. The molecule has 0 radical (unpaired) electrons. The summed E-state index contributed by atoms with van der Waals surface area (Å²) in [5.74, 6) is 1.05. The molecule has 0 aromatic heterocycles. The van der Waals surface area contributed by atoms with Crippen LogP contribution in [0.2, 0.25) is 0 Å². The van der Waals surface area contributed by atoms with E-state index in [0.717, 1.165) is 12.0 Å². The van der Waals surface area contributed by atoms with Crippen LogP contribution in [0.25, 0.3) is 0 Å². The minimum absolute atomic E-state index is 0.0304. The van der Waals surface area contributed by atoms with Crippen molar-refractivity contribution in [3.63, 3.8) is 0 Å². The molecule has 1 aliphatic rings. The number of nitro groups is 1. The lowest BCUT2D eigenvalue weighted by Gasteiger charge is -2.17. The average molecular weight is 415 g/mol. The van der Waals surface area contributed by atoms with Crippen LogP contribution in [0, 0.1) is 10.1 Å². The van der Waals surface area contributed by atoms with E-state index in [1.165, 1.54) is 44.7 Å². The molecular formula is C20H21N3O7. The molecule has 0 unspecified atom stereocenters. The number of carbonyl (C=O) groups is 1. The summed E-state index contributed by atoms with van der Waals surface area (Å²) in [4.78, 5) is 22.9. The van der Waals surface area contributed by atoms with E-state index in [4.69, 9.17) is 18.9 Å². The summed E-state index contributed by atoms with van der Waals surface area (Å²) in [5.41, 5.74) is 3.27. The van der Waals surface area contributed by atoms with Gasteiger partial charge < -0.3 is 18.9 Å². The van der Waals surface area contributed by atoms with Gasteiger partial charge in [0, 0.05) is 17.2 Å². The van der Waals surface area contributed by atoms with Crippen molar-refractivity contribution >= 4 is 17.8 Å². The summed E-state index contributed by atoms with van der Waals surface area (Å²) in [6.07, 6.45) is 2.85. The maximum absolute atomic E-state index is 12.4. The normalized spacial score (nSPS) is 12.1. The highest BCUT2D eigenvalue weighted by Gasteiger charge is 2.30. The van der Waals surface area contributed by atoms with Crippen molar-refractivity contribution in [2.45, 2.75) is 19.8 Å². The predicted molar refractivity (Wildman–Crippen MR) is 108 cm³/mol. The summed E-state index contributed by atoms with van der Waals surface area (Å²) < 4.78 is 22.1. The van der Waals surface area contributed by atoms with Gasteiger partial charge in [0.15, 0.2) is 11.5 Å². The average Bonchev–Trinajstić information content (AvgIpc) is 3.23. The van der Waals surface area contributed by atoms with Crippen LogP contribution in [0.5, 0.6) is 23.0 Å². The van der Waals surface area contributed by atoms with Crippen LogP contribution in [0.4, 0.5) is 5.69 Å². The van der Waals surface area contributed by atoms with Crippen molar-refractivity contribution in [3.05, 3.63) is 51.1 Å². The Morgan fingerprint density at radius 2 is 1.90 bits per heavy atom. The van der Waals surface area contributed by atoms with Gasteiger partial charge in [-0.15, -0.1) is 0 Å². The Kier molecular flexibility index (Phi) is 6.35. The number of nitrogens with one attached hydrogen (secondary N) is 1. The highest BCUT2D eigenvalue weighted by molar-refractivity contribution is 5.99. The summed E-state index contributed by atoms with van der Waals surface area (Å²) in [6, 6.07) is 5.63. The summed E-state index contributed by atoms with van der Waals surface area (Å²) in [6.45, 7) is 2.04. The number of carbonyl (C=O) groups excluding carboxylic acids is 1. The molecule has 0 bridgehead atoms. The fraction of sp³-hybridized carbons (Fsp3) is 0.300. The van der Waals surface area contributed by atoms with Crippen LogP contribution in [0.3, 0.4) is 0 Å². The molecule has 2 aromatic rings. The maximum atomic E-state index is 12.4. The van der Waals surface area contributed by atoms with Crippen molar-refractivity contribution in [2.75, 3.05) is 21.0 Å². The first-order valence-electron chi connectivity index (χ1n) is 9.16. The van der Waals surface area contributed by atoms with Gasteiger partial charge in [-0.3, -0.25) is 14.9 Å². The fourth-order valence-corrected chi connectivity index (χ4v) is 3.23. The lowest BCUT2D eigenvalue weighted by atomic mass is 10.00. The van der Waals surface area contributed by atoms with Gasteiger partial charge in [0.2, 0.25) is 18.3 Å². The predicted octanol–water partition coefficient (Wildman–Crippen LogP) is 3.06. The van der Waals surface area contributed by atoms with Crippen LogP contribution >= 0.6 is 0 Å². The van der Waals surface area contributed by atoms with E-state index in [-0.39, 0.29) is 18.0 Å². The van der Waals surface area contributed by atoms with E-state index in [2.05, 4.69) is 10.5 Å². The van der Waals surface area contributed by atoms with E-state index in [9.17, 15) is 14.9 Å². The highest BCUT2D eigenvalue weighted by atomic mass is 16.7. The molecule has 0 fully saturated rings. The molecule has 3 rings (SSSR count). The zero-order chi connectivity index (χ0) is 21.7. The number of nitrogens with zero attached hydrogens (tertiary/aromatic N) is 2. The molecule has 10 nitrogen and oxygen atoms in total. The number of nitro benzene ring substituents is 1. The second-order valence-corrected chi connectivity index (χ2v) is 6.25. The lowest BCUT2D eigenvalue weighted by molar-refractivity contribution is -0.385. The fourth-order valence-electron chi connectivity index (χ4n) is 3.23. The Morgan fingerprint density at radius 3 is 2.53 bits per heavy atom. The van der Waals surface area contributed by atoms with Crippen LogP contribution < -0.4 is 24.4 Å². The smallest absolute Gasteiger partial charge is 0.282 e. The largest absolute Gasteiger partial charge is 0.492 e. The van der Waals surface area contributed by atoms with Crippen molar-refractivity contribution in [1.29, 1.82) is 0 Å². The number of fused-ring (bicyclic) bond motifs is 1. The molecule has 1 amide bonds. The number of benzene rings is 2. The van der Waals surface area contributed by atoms with Crippen LogP contribution in [-0.4, -0.2) is 38.1 Å². The molecule has 0 saturated heterocycles. The van der Waals surface area contributed by atoms with E-state index in [1.54, 1.807) is 0 Å². The van der Waals surface area contributed by atoms with Crippen molar-refractivity contribution in [3.8, 4) is 23.0 Å². The zero-order valence-electron chi connectivity index (χ0n) is 16.8. The molecule has 0 saturated carbocycles. The number of para-hydroxylation sites is 1. The second kappa shape index (κ2) is 9.12. The third-order valence-electron chi connectivity index (χ3n) is 4.48. The molecule has 158 valence electrons. The van der Waals surface area contributed by atoms with Gasteiger partial charge in [-0.25, -0.2) is 5.43 Å². The van der Waals surface area contributed by atoms with Crippen molar-refractivity contribution in [2.24, 2.45) is 5.10 Å². The van der Waals surface area contributed by atoms with Gasteiger partial charge >= 0.3 is 0 Å². The van der Waals surface area contributed by atoms with Gasteiger partial charge in [-0.1, -0.05) is 25.5 Å². The Hall–Kier alpha value is -3.82. The van der Waals surface area contributed by atoms with E-state index >= 15 is 0 Å². The van der Waals surface area contributed by atoms with Crippen molar-refractivity contribution in [1.82, 2.24) is 5.43 Å². The quantitative estimate of drug-likeness (QED) is 0.399. The molecule has 10 heteroatoms. The second-order valence-electron chi connectivity index (χ2n) is 6.25. The van der Waals surface area contributed by atoms with Gasteiger partial charge in [-0.2, -0.15) is 5.10 Å².